The van der Waals surface area contributed by atoms with Crippen molar-refractivity contribution in [3.63, 3.8) is 0 Å². The molecule has 146 valence electrons. The zero-order valence-corrected chi connectivity index (χ0v) is 17.4. The van der Waals surface area contributed by atoms with Crippen LogP contribution in [-0.4, -0.2) is 78.3 Å². The molecule has 2 aromatic rings. The van der Waals surface area contributed by atoms with Crippen molar-refractivity contribution in [2.75, 3.05) is 46.8 Å². The van der Waals surface area contributed by atoms with Crippen molar-refractivity contribution in [3.8, 4) is 0 Å². The summed E-state index contributed by atoms with van der Waals surface area (Å²) in [4.78, 5) is 37.1. The molecular formula is C20H28N4O2S. The maximum absolute atomic E-state index is 12.8. The lowest BCUT2D eigenvalue weighted by Gasteiger charge is -2.23. The van der Waals surface area contributed by atoms with Crippen LogP contribution < -0.4 is 0 Å². The van der Waals surface area contributed by atoms with E-state index in [0.29, 0.717) is 6.54 Å². The molecule has 1 unspecified atom stereocenters. The van der Waals surface area contributed by atoms with Gasteiger partial charge in [-0.2, -0.15) is 0 Å². The second-order valence-electron chi connectivity index (χ2n) is 7.19. The van der Waals surface area contributed by atoms with Crippen LogP contribution in [0.15, 0.2) is 18.3 Å². The summed E-state index contributed by atoms with van der Waals surface area (Å²) in [6, 6.07) is 3.99. The highest BCUT2D eigenvalue weighted by molar-refractivity contribution is 7.20. The van der Waals surface area contributed by atoms with Crippen molar-refractivity contribution < 1.29 is 9.59 Å². The second kappa shape index (κ2) is 8.35. The molecule has 7 heteroatoms. The fraction of sp³-hybridized carbons (Fsp3) is 0.550. The number of hydrogen-bond donors (Lipinski definition) is 0. The molecular weight excluding hydrogens is 360 g/mol. The molecule has 1 atom stereocenters. The van der Waals surface area contributed by atoms with E-state index in [0.717, 1.165) is 53.3 Å². The normalized spacial score (nSPS) is 17.4. The van der Waals surface area contributed by atoms with E-state index in [-0.39, 0.29) is 17.7 Å². The lowest BCUT2D eigenvalue weighted by molar-refractivity contribution is -0.131. The first-order valence-electron chi connectivity index (χ1n) is 9.55. The number of carbonyl (C=O) groups is 2. The van der Waals surface area contributed by atoms with Gasteiger partial charge < -0.3 is 9.80 Å². The number of hydrogen-bond acceptors (Lipinski definition) is 5. The van der Waals surface area contributed by atoms with E-state index >= 15 is 0 Å². The van der Waals surface area contributed by atoms with Gasteiger partial charge in [0.2, 0.25) is 5.91 Å². The molecule has 0 aromatic carbocycles. The van der Waals surface area contributed by atoms with Crippen LogP contribution in [0.5, 0.6) is 0 Å². The van der Waals surface area contributed by atoms with Gasteiger partial charge in [0.15, 0.2) is 0 Å². The van der Waals surface area contributed by atoms with E-state index in [2.05, 4.69) is 16.0 Å². The first-order chi connectivity index (χ1) is 13.0. The lowest BCUT2D eigenvalue weighted by Crippen LogP contribution is -2.39. The molecule has 0 bridgehead atoms. The molecule has 0 saturated carbocycles. The standard InChI is InChI=1S/C20H28N4O2S/c1-5-24(6-2)16(25)13-23-11-9-14(12-23)17-15-8-7-10-21-19(15)27-18(17)20(26)22(3)4/h7-8,10,14H,5-6,9,11-13H2,1-4H3. The van der Waals surface area contributed by atoms with E-state index in [1.807, 2.05) is 24.8 Å². The minimum Gasteiger partial charge on any atom is -0.344 e. The Labute approximate surface area is 164 Å². The highest BCUT2D eigenvalue weighted by atomic mass is 32.1. The summed E-state index contributed by atoms with van der Waals surface area (Å²) in [5.74, 6) is 0.471. The van der Waals surface area contributed by atoms with Gasteiger partial charge in [-0.15, -0.1) is 11.3 Å². The fourth-order valence-corrected chi connectivity index (χ4v) is 5.05. The number of aromatic nitrogens is 1. The third-order valence-corrected chi connectivity index (χ3v) is 6.38. The van der Waals surface area contributed by atoms with Crippen LogP contribution >= 0.6 is 11.3 Å². The molecule has 1 saturated heterocycles. The van der Waals surface area contributed by atoms with E-state index in [9.17, 15) is 9.59 Å². The average molecular weight is 389 g/mol. The second-order valence-corrected chi connectivity index (χ2v) is 8.19. The fourth-order valence-electron chi connectivity index (χ4n) is 3.80. The molecule has 1 aliphatic heterocycles. The Morgan fingerprint density at radius 3 is 2.70 bits per heavy atom. The molecule has 0 aliphatic carbocycles. The summed E-state index contributed by atoms with van der Waals surface area (Å²) >= 11 is 1.48. The number of likely N-dealkylation sites (N-methyl/N-ethyl adjacent to an activating group) is 1. The van der Waals surface area contributed by atoms with Gasteiger partial charge in [0, 0.05) is 51.2 Å². The van der Waals surface area contributed by atoms with Gasteiger partial charge in [0.05, 0.1) is 11.4 Å². The van der Waals surface area contributed by atoms with Gasteiger partial charge in [0.1, 0.15) is 4.83 Å². The summed E-state index contributed by atoms with van der Waals surface area (Å²) in [5.41, 5.74) is 1.11. The van der Waals surface area contributed by atoms with E-state index in [1.165, 1.54) is 11.3 Å². The van der Waals surface area contributed by atoms with Crippen molar-refractivity contribution in [2.24, 2.45) is 0 Å². The Bertz CT molecular complexity index is 828. The number of thiophene rings is 1. The Balaban J connectivity index is 1.85. The SMILES string of the molecule is CCN(CC)C(=O)CN1CCC(c2c(C(=O)N(C)C)sc3ncccc23)C1. The third kappa shape index (κ3) is 3.99. The van der Waals surface area contributed by atoms with Crippen molar-refractivity contribution in [1.82, 2.24) is 19.7 Å². The largest absolute Gasteiger partial charge is 0.344 e. The van der Waals surface area contributed by atoms with Crippen LogP contribution in [0.1, 0.15) is 41.4 Å². The number of pyridine rings is 1. The van der Waals surface area contributed by atoms with Gasteiger partial charge in [-0.25, -0.2) is 4.98 Å². The van der Waals surface area contributed by atoms with Crippen LogP contribution in [0.4, 0.5) is 0 Å². The highest BCUT2D eigenvalue weighted by Gasteiger charge is 2.32. The minimum atomic E-state index is 0.0330. The van der Waals surface area contributed by atoms with Gasteiger partial charge in [-0.05, 0) is 38.4 Å². The number of rotatable bonds is 6. The monoisotopic (exact) mass is 388 g/mol. The smallest absolute Gasteiger partial charge is 0.263 e. The van der Waals surface area contributed by atoms with Gasteiger partial charge in [-0.1, -0.05) is 6.07 Å². The molecule has 6 nitrogen and oxygen atoms in total. The molecule has 0 N–H and O–H groups in total. The first-order valence-corrected chi connectivity index (χ1v) is 10.4. The first kappa shape index (κ1) is 19.8. The van der Waals surface area contributed by atoms with Crippen molar-refractivity contribution in [2.45, 2.75) is 26.2 Å². The Hall–Kier alpha value is -1.99. The van der Waals surface area contributed by atoms with Gasteiger partial charge in [0.25, 0.3) is 5.91 Å². The number of amides is 2. The van der Waals surface area contributed by atoms with Crippen LogP contribution in [0.3, 0.4) is 0 Å². The summed E-state index contributed by atoms with van der Waals surface area (Å²) in [6.07, 6.45) is 2.73. The number of carbonyl (C=O) groups excluding carboxylic acids is 2. The number of likely N-dealkylation sites (tertiary alicyclic amines) is 1. The maximum Gasteiger partial charge on any atom is 0.263 e. The van der Waals surface area contributed by atoms with Crippen molar-refractivity contribution in [1.29, 1.82) is 0 Å². The van der Waals surface area contributed by atoms with E-state index < -0.39 is 0 Å². The molecule has 3 rings (SSSR count). The Kier molecular flexibility index (Phi) is 6.11. The summed E-state index contributed by atoms with van der Waals surface area (Å²) in [6.45, 7) is 7.65. The van der Waals surface area contributed by atoms with Crippen LogP contribution in [-0.2, 0) is 4.79 Å². The van der Waals surface area contributed by atoms with Crippen molar-refractivity contribution >= 4 is 33.4 Å². The molecule has 1 fully saturated rings. The highest BCUT2D eigenvalue weighted by Crippen LogP contribution is 2.39. The quantitative estimate of drug-likeness (QED) is 0.763. The van der Waals surface area contributed by atoms with Crippen molar-refractivity contribution in [3.05, 3.63) is 28.8 Å². The predicted molar refractivity (Wildman–Crippen MR) is 109 cm³/mol. The Morgan fingerprint density at radius 1 is 1.30 bits per heavy atom. The molecule has 2 aromatic heterocycles. The molecule has 0 radical (unpaired) electrons. The molecule has 0 spiro atoms. The summed E-state index contributed by atoms with van der Waals surface area (Å²) < 4.78 is 0. The summed E-state index contributed by atoms with van der Waals surface area (Å²) in [5, 5.41) is 1.08. The molecule has 1 aliphatic rings. The third-order valence-electron chi connectivity index (χ3n) is 5.26. The zero-order chi connectivity index (χ0) is 19.6. The molecule has 2 amide bonds. The minimum absolute atomic E-state index is 0.0330. The maximum atomic E-state index is 12.8. The molecule has 27 heavy (non-hydrogen) atoms. The van der Waals surface area contributed by atoms with Crippen LogP contribution in [0.2, 0.25) is 0 Å². The topological polar surface area (TPSA) is 56.8 Å². The predicted octanol–water partition coefficient (Wildman–Crippen LogP) is 2.66. The summed E-state index contributed by atoms with van der Waals surface area (Å²) in [7, 11) is 3.57. The average Bonchev–Trinajstić information content (AvgIpc) is 3.25. The van der Waals surface area contributed by atoms with Gasteiger partial charge in [-0.3, -0.25) is 14.5 Å². The van der Waals surface area contributed by atoms with E-state index in [4.69, 9.17) is 0 Å². The number of fused-ring (bicyclic) bond motifs is 1. The zero-order valence-electron chi connectivity index (χ0n) is 16.6. The lowest BCUT2D eigenvalue weighted by atomic mass is 9.95. The Morgan fingerprint density at radius 2 is 2.04 bits per heavy atom. The van der Waals surface area contributed by atoms with Crippen LogP contribution in [0, 0.1) is 0 Å². The van der Waals surface area contributed by atoms with Crippen LogP contribution in [0.25, 0.3) is 10.2 Å². The van der Waals surface area contributed by atoms with E-state index in [1.54, 1.807) is 25.2 Å². The molecule has 3 heterocycles. The van der Waals surface area contributed by atoms with Gasteiger partial charge >= 0.3 is 0 Å². The number of nitrogens with zero attached hydrogens (tertiary/aromatic N) is 4.